The highest BCUT2D eigenvalue weighted by atomic mass is 28.4. The molecule has 100 valence electrons. The summed E-state index contributed by atoms with van der Waals surface area (Å²) in [6.45, 7) is 5.95. The van der Waals surface area contributed by atoms with Crippen molar-refractivity contribution < 1.29 is 18.7 Å². The number of hydrogen-bond donors (Lipinski definition) is 0. The molecule has 1 aromatic rings. The molecule has 0 radical (unpaired) electrons. The van der Waals surface area contributed by atoms with Gasteiger partial charge in [-0.15, -0.1) is 0 Å². The highest BCUT2D eigenvalue weighted by Gasteiger charge is 2.20. The minimum atomic E-state index is -1.83. The van der Waals surface area contributed by atoms with E-state index >= 15 is 0 Å². The van der Waals surface area contributed by atoms with Crippen molar-refractivity contribution in [2.24, 2.45) is 0 Å². The number of methoxy groups -OCH3 is 2. The molecule has 0 heterocycles. The first-order chi connectivity index (χ1) is 8.34. The first-order valence-corrected chi connectivity index (χ1v) is 9.18. The summed E-state index contributed by atoms with van der Waals surface area (Å²) < 4.78 is 15.7. The zero-order valence-electron chi connectivity index (χ0n) is 11.6. The molecular formula is C13H20O4Si. The highest BCUT2D eigenvalue weighted by molar-refractivity contribution is 6.71. The lowest BCUT2D eigenvalue weighted by atomic mass is 10.1. The predicted molar refractivity (Wildman–Crippen MR) is 72.7 cm³/mol. The number of carbonyl (C=O) groups is 1. The third-order valence-electron chi connectivity index (χ3n) is 2.18. The number of ether oxygens (including phenoxy) is 2. The van der Waals surface area contributed by atoms with Crippen molar-refractivity contribution in [3.63, 3.8) is 0 Å². The van der Waals surface area contributed by atoms with Gasteiger partial charge in [0, 0.05) is 6.07 Å². The molecule has 0 saturated carbocycles. The van der Waals surface area contributed by atoms with Crippen molar-refractivity contribution in [1.29, 1.82) is 0 Å². The minimum absolute atomic E-state index is 0.204. The smallest absolute Gasteiger partial charge is 0.296 e. The first-order valence-electron chi connectivity index (χ1n) is 5.78. The summed E-state index contributed by atoms with van der Waals surface area (Å²) in [6.07, 6.45) is 0.234. The zero-order chi connectivity index (χ0) is 13.8. The predicted octanol–water partition coefficient (Wildman–Crippen LogP) is 2.62. The third kappa shape index (κ3) is 4.79. The van der Waals surface area contributed by atoms with Crippen molar-refractivity contribution in [2.75, 3.05) is 14.2 Å². The van der Waals surface area contributed by atoms with Gasteiger partial charge in [0.1, 0.15) is 11.5 Å². The molecule has 4 nitrogen and oxygen atoms in total. The standard InChI is InChI=1S/C13H20O4Si/c1-15-11-6-10(7-12(9-11)16-2)8-13(14)17-18(3,4)5/h6-7,9H,8H2,1-5H3. The highest BCUT2D eigenvalue weighted by Crippen LogP contribution is 2.23. The maximum absolute atomic E-state index is 11.8. The minimum Gasteiger partial charge on any atom is -0.520 e. The summed E-state index contributed by atoms with van der Waals surface area (Å²) in [5.74, 6) is 1.14. The molecule has 0 amide bonds. The molecule has 0 fully saturated rings. The summed E-state index contributed by atoms with van der Waals surface area (Å²) in [5, 5.41) is 0. The molecule has 5 heteroatoms. The Balaban J connectivity index is 2.80. The van der Waals surface area contributed by atoms with E-state index in [-0.39, 0.29) is 12.4 Å². The van der Waals surface area contributed by atoms with E-state index in [0.717, 1.165) is 5.56 Å². The molecule has 0 spiro atoms. The lowest BCUT2D eigenvalue weighted by Crippen LogP contribution is -2.29. The summed E-state index contributed by atoms with van der Waals surface area (Å²) in [7, 11) is 1.33. The lowest BCUT2D eigenvalue weighted by Gasteiger charge is -2.17. The molecule has 0 aliphatic carbocycles. The molecule has 18 heavy (non-hydrogen) atoms. The Bertz CT molecular complexity index is 401. The lowest BCUT2D eigenvalue weighted by molar-refractivity contribution is -0.134. The number of benzene rings is 1. The molecular weight excluding hydrogens is 248 g/mol. The van der Waals surface area contributed by atoms with Crippen LogP contribution in [0.2, 0.25) is 19.6 Å². The molecule has 0 aromatic heterocycles. The van der Waals surface area contributed by atoms with Gasteiger partial charge in [-0.2, -0.15) is 0 Å². The Morgan fingerprint density at radius 2 is 1.56 bits per heavy atom. The summed E-state index contributed by atoms with van der Waals surface area (Å²) in [4.78, 5) is 11.8. The quantitative estimate of drug-likeness (QED) is 0.770. The monoisotopic (exact) mass is 268 g/mol. The zero-order valence-corrected chi connectivity index (χ0v) is 12.6. The Morgan fingerprint density at radius 3 is 1.94 bits per heavy atom. The van der Waals surface area contributed by atoms with Gasteiger partial charge in [-0.05, 0) is 37.3 Å². The first kappa shape index (κ1) is 14.6. The maximum Gasteiger partial charge on any atom is 0.296 e. The fourth-order valence-corrected chi connectivity index (χ4v) is 2.27. The van der Waals surface area contributed by atoms with E-state index < -0.39 is 8.32 Å². The topological polar surface area (TPSA) is 44.8 Å². The van der Waals surface area contributed by atoms with Gasteiger partial charge in [0.2, 0.25) is 8.32 Å². The van der Waals surface area contributed by atoms with E-state index in [1.165, 1.54) is 0 Å². The molecule has 0 bridgehead atoms. The van der Waals surface area contributed by atoms with Crippen LogP contribution in [0.4, 0.5) is 0 Å². The van der Waals surface area contributed by atoms with Crippen LogP contribution >= 0.6 is 0 Å². The Morgan fingerprint density at radius 1 is 1.06 bits per heavy atom. The van der Waals surface area contributed by atoms with Crippen molar-refractivity contribution in [3.05, 3.63) is 23.8 Å². The summed E-state index contributed by atoms with van der Waals surface area (Å²) in [6, 6.07) is 5.40. The van der Waals surface area contributed by atoms with Crippen molar-refractivity contribution in [3.8, 4) is 11.5 Å². The molecule has 0 aliphatic heterocycles. The Kier molecular flexibility index (Phi) is 4.78. The van der Waals surface area contributed by atoms with Gasteiger partial charge in [-0.1, -0.05) is 0 Å². The van der Waals surface area contributed by atoms with E-state index in [0.29, 0.717) is 11.5 Å². The van der Waals surface area contributed by atoms with E-state index in [9.17, 15) is 4.79 Å². The van der Waals surface area contributed by atoms with Gasteiger partial charge in [0.25, 0.3) is 5.97 Å². The van der Waals surface area contributed by atoms with E-state index in [1.54, 1.807) is 20.3 Å². The van der Waals surface area contributed by atoms with Crippen LogP contribution in [0.5, 0.6) is 11.5 Å². The van der Waals surface area contributed by atoms with Crippen LogP contribution in [0.3, 0.4) is 0 Å². The second kappa shape index (κ2) is 5.91. The van der Waals surface area contributed by atoms with Crippen LogP contribution < -0.4 is 9.47 Å². The number of hydrogen-bond acceptors (Lipinski definition) is 4. The van der Waals surface area contributed by atoms with Crippen LogP contribution in [0.15, 0.2) is 18.2 Å². The third-order valence-corrected chi connectivity index (χ3v) is 3.02. The van der Waals surface area contributed by atoms with Crippen LogP contribution in [-0.4, -0.2) is 28.5 Å². The molecule has 0 atom stereocenters. The maximum atomic E-state index is 11.8. The molecule has 0 saturated heterocycles. The van der Waals surface area contributed by atoms with Crippen LogP contribution in [0.25, 0.3) is 0 Å². The SMILES string of the molecule is COc1cc(CC(=O)O[Si](C)(C)C)cc(OC)c1. The van der Waals surface area contributed by atoms with Gasteiger partial charge in [-0.3, -0.25) is 4.79 Å². The fraction of sp³-hybridized carbons (Fsp3) is 0.462. The van der Waals surface area contributed by atoms with Gasteiger partial charge < -0.3 is 13.9 Å². The average molecular weight is 268 g/mol. The van der Waals surface area contributed by atoms with Gasteiger partial charge in [0.05, 0.1) is 20.6 Å². The van der Waals surface area contributed by atoms with Gasteiger partial charge >= 0.3 is 0 Å². The second-order valence-corrected chi connectivity index (χ2v) is 9.41. The van der Waals surface area contributed by atoms with Crippen molar-refractivity contribution >= 4 is 14.3 Å². The Labute approximate surface area is 109 Å². The second-order valence-electron chi connectivity index (χ2n) is 4.98. The van der Waals surface area contributed by atoms with Gasteiger partial charge in [-0.25, -0.2) is 0 Å². The summed E-state index contributed by atoms with van der Waals surface area (Å²) in [5.41, 5.74) is 0.828. The average Bonchev–Trinajstić information content (AvgIpc) is 2.25. The van der Waals surface area contributed by atoms with E-state index in [2.05, 4.69) is 0 Å². The van der Waals surface area contributed by atoms with E-state index in [4.69, 9.17) is 13.9 Å². The molecule has 1 aromatic carbocycles. The van der Waals surface area contributed by atoms with Crippen molar-refractivity contribution in [1.82, 2.24) is 0 Å². The Hall–Kier alpha value is -1.49. The normalized spacial score (nSPS) is 10.9. The number of rotatable bonds is 5. The van der Waals surface area contributed by atoms with E-state index in [1.807, 2.05) is 31.8 Å². The van der Waals surface area contributed by atoms with Crippen LogP contribution in [0, 0.1) is 0 Å². The summed E-state index contributed by atoms with van der Waals surface area (Å²) >= 11 is 0. The largest absolute Gasteiger partial charge is 0.520 e. The molecule has 0 unspecified atom stereocenters. The van der Waals surface area contributed by atoms with Crippen LogP contribution in [0.1, 0.15) is 5.56 Å². The van der Waals surface area contributed by atoms with Gasteiger partial charge in [0.15, 0.2) is 0 Å². The molecule has 0 aliphatic rings. The molecule has 1 rings (SSSR count). The van der Waals surface area contributed by atoms with Crippen molar-refractivity contribution in [2.45, 2.75) is 26.1 Å². The number of carbonyl (C=O) groups excluding carboxylic acids is 1. The fourth-order valence-electron chi connectivity index (χ4n) is 1.51. The van der Waals surface area contributed by atoms with Crippen LogP contribution in [-0.2, 0) is 15.6 Å². The molecule has 0 N–H and O–H groups in total.